The summed E-state index contributed by atoms with van der Waals surface area (Å²) in [7, 11) is 0. The number of hydrogen-bond acceptors (Lipinski definition) is 4. The van der Waals surface area contributed by atoms with E-state index in [1.807, 2.05) is 12.4 Å². The molecule has 1 aromatic heterocycles. The third-order valence-corrected chi connectivity index (χ3v) is 8.32. The zero-order valence-corrected chi connectivity index (χ0v) is 21.6. The Labute approximate surface area is 204 Å². The zero-order chi connectivity index (χ0) is 24.5. The quantitative estimate of drug-likeness (QED) is 0.384. The second-order valence-electron chi connectivity index (χ2n) is 11.6. The van der Waals surface area contributed by atoms with Gasteiger partial charge in [0.2, 0.25) is 0 Å². The Morgan fingerprint density at radius 3 is 2.15 bits per heavy atom. The summed E-state index contributed by atoms with van der Waals surface area (Å²) in [6.07, 6.45) is 6.63. The molecular weight excluding hydrogens is 416 g/mol. The molecule has 0 radical (unpaired) electrons. The van der Waals surface area contributed by atoms with Crippen LogP contribution in [0.25, 0.3) is 0 Å². The summed E-state index contributed by atoms with van der Waals surface area (Å²) >= 11 is 0. The molecule has 176 valence electrons. The molecule has 2 aromatic carbocycles. The van der Waals surface area contributed by atoms with E-state index >= 15 is 0 Å². The second kappa shape index (κ2) is 7.43. The molecule has 2 atom stereocenters. The molecule has 0 amide bonds. The third-order valence-electron chi connectivity index (χ3n) is 8.32. The van der Waals surface area contributed by atoms with E-state index in [0.29, 0.717) is 0 Å². The Hall–Kier alpha value is -3.14. The summed E-state index contributed by atoms with van der Waals surface area (Å²) < 4.78 is 0. The number of fused-ring (bicyclic) bond motifs is 5. The van der Waals surface area contributed by atoms with Crippen LogP contribution in [-0.4, -0.2) is 16.1 Å². The van der Waals surface area contributed by atoms with Gasteiger partial charge in [-0.3, -0.25) is 0 Å². The maximum Gasteiger partial charge on any atom is 0.178 e. The van der Waals surface area contributed by atoms with E-state index in [2.05, 4.69) is 113 Å². The van der Waals surface area contributed by atoms with Crippen molar-refractivity contribution in [3.8, 4) is 0 Å². The maximum absolute atomic E-state index is 4.88. The van der Waals surface area contributed by atoms with Crippen molar-refractivity contribution in [2.45, 2.75) is 71.9 Å². The number of aryl methyl sites for hydroxylation is 1. The van der Waals surface area contributed by atoms with Crippen molar-refractivity contribution in [2.24, 2.45) is 5.41 Å². The molecule has 0 fully saturated rings. The molecule has 3 heterocycles. The van der Waals surface area contributed by atoms with Gasteiger partial charge in [0.25, 0.3) is 0 Å². The second-order valence-corrected chi connectivity index (χ2v) is 11.6. The fraction of sp³-hybridized carbons (Fsp3) is 0.400. The lowest BCUT2D eigenvalue weighted by atomic mass is 9.56. The molecule has 0 aliphatic carbocycles. The smallest absolute Gasteiger partial charge is 0.178 e. The first kappa shape index (κ1) is 22.6. The molecule has 4 heteroatoms. The monoisotopic (exact) mass is 452 g/mol. The van der Waals surface area contributed by atoms with Crippen LogP contribution in [0.3, 0.4) is 0 Å². The van der Waals surface area contributed by atoms with E-state index in [9.17, 15) is 0 Å². The van der Waals surface area contributed by atoms with Crippen molar-refractivity contribution in [3.63, 3.8) is 0 Å². The lowest BCUT2D eigenvalue weighted by molar-refractivity contribution is 0.131. The van der Waals surface area contributed by atoms with E-state index in [0.717, 1.165) is 18.1 Å². The summed E-state index contributed by atoms with van der Waals surface area (Å²) in [5.74, 6) is 1.85. The standard InChI is InChI=1S/C30H36N4/c1-9-16-30(8)22-19-21(28(3,4)5)14-15-24(22)34-26-25(31-17-18-32-26)33(27(34)29(30,6)7)23-13-11-10-12-20(23)2/h9-15,17-19,27H,1,16H2,2-8H3. The van der Waals surface area contributed by atoms with Gasteiger partial charge in [-0.05, 0) is 47.6 Å². The van der Waals surface area contributed by atoms with Gasteiger partial charge in [0, 0.05) is 34.6 Å². The van der Waals surface area contributed by atoms with Gasteiger partial charge >= 0.3 is 0 Å². The van der Waals surface area contributed by atoms with Crippen molar-refractivity contribution >= 4 is 23.0 Å². The molecule has 2 aliphatic heterocycles. The third kappa shape index (κ3) is 2.97. The number of rotatable bonds is 3. The zero-order valence-electron chi connectivity index (χ0n) is 21.6. The van der Waals surface area contributed by atoms with E-state index in [1.165, 1.54) is 28.1 Å². The lowest BCUT2D eigenvalue weighted by Crippen LogP contribution is -2.61. The topological polar surface area (TPSA) is 32.3 Å². The Morgan fingerprint density at radius 1 is 0.941 bits per heavy atom. The highest BCUT2D eigenvalue weighted by Gasteiger charge is 2.60. The summed E-state index contributed by atoms with van der Waals surface area (Å²) in [6.45, 7) is 20.4. The van der Waals surface area contributed by atoms with Gasteiger partial charge in [-0.1, -0.05) is 78.0 Å². The van der Waals surface area contributed by atoms with Crippen molar-refractivity contribution in [1.29, 1.82) is 0 Å². The maximum atomic E-state index is 4.88. The minimum Gasteiger partial charge on any atom is -0.301 e. The largest absolute Gasteiger partial charge is 0.301 e. The molecular formula is C30H36N4. The molecule has 4 nitrogen and oxygen atoms in total. The molecule has 2 aliphatic rings. The van der Waals surface area contributed by atoms with Gasteiger partial charge < -0.3 is 9.80 Å². The normalized spacial score (nSPS) is 22.7. The first-order valence-electron chi connectivity index (χ1n) is 12.2. The van der Waals surface area contributed by atoms with E-state index in [-0.39, 0.29) is 22.4 Å². The van der Waals surface area contributed by atoms with Gasteiger partial charge in [-0.2, -0.15) is 0 Å². The van der Waals surface area contributed by atoms with E-state index in [1.54, 1.807) is 0 Å². The Bertz CT molecular complexity index is 1270. The van der Waals surface area contributed by atoms with Gasteiger partial charge in [-0.25, -0.2) is 9.97 Å². The summed E-state index contributed by atoms with van der Waals surface area (Å²) in [6, 6.07) is 15.6. The number of benzene rings is 2. The number of anilines is 4. The molecule has 34 heavy (non-hydrogen) atoms. The Morgan fingerprint density at radius 2 is 1.56 bits per heavy atom. The Balaban J connectivity index is 1.85. The highest BCUT2D eigenvalue weighted by molar-refractivity contribution is 5.87. The fourth-order valence-electron chi connectivity index (χ4n) is 5.93. The summed E-state index contributed by atoms with van der Waals surface area (Å²) in [5, 5.41) is 0. The molecule has 0 N–H and O–H groups in total. The predicted molar refractivity (Wildman–Crippen MR) is 142 cm³/mol. The van der Waals surface area contributed by atoms with E-state index < -0.39 is 0 Å². The van der Waals surface area contributed by atoms with Crippen molar-refractivity contribution in [3.05, 3.63) is 84.2 Å². The van der Waals surface area contributed by atoms with Gasteiger partial charge in [0.15, 0.2) is 11.6 Å². The van der Waals surface area contributed by atoms with Crippen LogP contribution in [0.2, 0.25) is 0 Å². The number of aromatic nitrogens is 2. The first-order valence-corrected chi connectivity index (χ1v) is 12.2. The molecule has 0 bridgehead atoms. The van der Waals surface area contributed by atoms with Crippen LogP contribution in [0, 0.1) is 12.3 Å². The van der Waals surface area contributed by atoms with Crippen LogP contribution in [0.15, 0.2) is 67.5 Å². The summed E-state index contributed by atoms with van der Waals surface area (Å²) in [5.41, 5.74) is 6.14. The number of para-hydroxylation sites is 1. The minimum atomic E-state index is -0.157. The van der Waals surface area contributed by atoms with Crippen LogP contribution in [0.1, 0.15) is 64.7 Å². The molecule has 0 spiro atoms. The van der Waals surface area contributed by atoms with Crippen LogP contribution in [-0.2, 0) is 10.8 Å². The molecule has 0 saturated heterocycles. The first-order chi connectivity index (χ1) is 16.0. The molecule has 0 saturated carbocycles. The highest BCUT2D eigenvalue weighted by atomic mass is 15.5. The average Bonchev–Trinajstić information content (AvgIpc) is 3.14. The Kier molecular flexibility index (Phi) is 4.95. The molecule has 3 aromatic rings. The van der Waals surface area contributed by atoms with Crippen molar-refractivity contribution in [1.82, 2.24) is 9.97 Å². The fourth-order valence-corrected chi connectivity index (χ4v) is 5.93. The minimum absolute atomic E-state index is 0.0314. The number of allylic oxidation sites excluding steroid dienone is 1. The molecule has 5 rings (SSSR count). The van der Waals surface area contributed by atoms with Crippen molar-refractivity contribution < 1.29 is 0 Å². The van der Waals surface area contributed by atoms with Crippen LogP contribution >= 0.6 is 0 Å². The number of nitrogens with zero attached hydrogens (tertiary/aromatic N) is 4. The van der Waals surface area contributed by atoms with Crippen LogP contribution in [0.4, 0.5) is 23.0 Å². The SMILES string of the molecule is C=CCC1(C)c2cc(C(C)(C)C)ccc2N2c3nccnc3N(c3ccccc3C)C2C1(C)C. The van der Waals surface area contributed by atoms with Gasteiger partial charge in [-0.15, -0.1) is 6.58 Å². The predicted octanol–water partition coefficient (Wildman–Crippen LogP) is 7.57. The molecule has 2 unspecified atom stereocenters. The van der Waals surface area contributed by atoms with Crippen molar-refractivity contribution in [2.75, 3.05) is 9.80 Å². The number of hydrogen-bond donors (Lipinski definition) is 0. The highest BCUT2D eigenvalue weighted by Crippen LogP contribution is 2.62. The average molecular weight is 453 g/mol. The van der Waals surface area contributed by atoms with Crippen LogP contribution < -0.4 is 9.80 Å². The van der Waals surface area contributed by atoms with E-state index in [4.69, 9.17) is 9.97 Å². The lowest BCUT2D eigenvalue weighted by Gasteiger charge is -2.57. The van der Waals surface area contributed by atoms with Crippen LogP contribution in [0.5, 0.6) is 0 Å². The van der Waals surface area contributed by atoms with Gasteiger partial charge in [0.05, 0.1) is 0 Å². The summed E-state index contributed by atoms with van der Waals surface area (Å²) in [4.78, 5) is 14.6. The van der Waals surface area contributed by atoms with Gasteiger partial charge in [0.1, 0.15) is 6.17 Å².